The van der Waals surface area contributed by atoms with E-state index in [0.717, 1.165) is 0 Å². The maximum absolute atomic E-state index is 12.8. The molecule has 3 unspecified atom stereocenters. The highest BCUT2D eigenvalue weighted by Gasteiger charge is 2.86. The molecule has 3 fully saturated rings. The molecule has 2 bridgehead atoms. The van der Waals surface area contributed by atoms with Gasteiger partial charge in [-0.2, -0.15) is 26.3 Å². The molecule has 5 atom stereocenters. The molecular formula is C10H10F6O2. The molecule has 0 amide bonds. The molecule has 104 valence electrons. The van der Waals surface area contributed by atoms with Crippen LogP contribution in [-0.2, 0) is 4.74 Å². The normalized spacial score (nSPS) is 45.8. The summed E-state index contributed by atoms with van der Waals surface area (Å²) in [5.41, 5.74) is -4.08. The molecule has 0 aromatic rings. The van der Waals surface area contributed by atoms with Crippen LogP contribution in [0, 0.1) is 17.8 Å². The number of fused-ring (bicyclic) bond motifs is 5. The van der Waals surface area contributed by atoms with Crippen LogP contribution in [0.4, 0.5) is 26.3 Å². The van der Waals surface area contributed by atoms with Crippen molar-refractivity contribution in [2.45, 2.75) is 43.0 Å². The Hall–Kier alpha value is -0.500. The SMILES string of the molecule is OC1C[C@@H]2C[C@H]1C1C2OC1(C(F)(F)F)C(F)(F)F. The highest BCUT2D eigenvalue weighted by molar-refractivity contribution is 5.20. The van der Waals surface area contributed by atoms with E-state index >= 15 is 0 Å². The van der Waals surface area contributed by atoms with Crippen LogP contribution in [0.2, 0.25) is 0 Å². The Balaban J connectivity index is 2.01. The molecule has 18 heavy (non-hydrogen) atoms. The summed E-state index contributed by atoms with van der Waals surface area (Å²) in [5.74, 6) is -3.03. The molecular weight excluding hydrogens is 266 g/mol. The Bertz CT molecular complexity index is 362. The lowest BCUT2D eigenvalue weighted by molar-refractivity contribution is -0.473. The van der Waals surface area contributed by atoms with Crippen LogP contribution < -0.4 is 0 Å². The Morgan fingerprint density at radius 3 is 2.06 bits per heavy atom. The average Bonchev–Trinajstić information content (AvgIpc) is 2.51. The molecule has 2 saturated carbocycles. The fourth-order valence-corrected chi connectivity index (χ4v) is 3.87. The van der Waals surface area contributed by atoms with Crippen LogP contribution in [0.5, 0.6) is 0 Å². The van der Waals surface area contributed by atoms with E-state index < -0.39 is 42.0 Å². The molecule has 0 spiro atoms. The van der Waals surface area contributed by atoms with Crippen molar-refractivity contribution in [3.8, 4) is 0 Å². The molecule has 1 aliphatic heterocycles. The predicted octanol–water partition coefficient (Wildman–Crippen LogP) is 2.27. The third-order valence-electron chi connectivity index (χ3n) is 4.53. The van der Waals surface area contributed by atoms with Gasteiger partial charge in [0, 0.05) is 5.92 Å². The van der Waals surface area contributed by atoms with E-state index in [1.165, 1.54) is 0 Å². The van der Waals surface area contributed by atoms with Crippen molar-refractivity contribution in [3.63, 3.8) is 0 Å². The lowest BCUT2D eigenvalue weighted by Gasteiger charge is -2.57. The summed E-state index contributed by atoms with van der Waals surface area (Å²) in [6, 6.07) is 0. The highest BCUT2D eigenvalue weighted by atomic mass is 19.4. The summed E-state index contributed by atoms with van der Waals surface area (Å²) in [6.07, 6.45) is -12.7. The van der Waals surface area contributed by atoms with Crippen molar-refractivity contribution in [1.29, 1.82) is 0 Å². The molecule has 1 heterocycles. The van der Waals surface area contributed by atoms with Crippen LogP contribution >= 0.6 is 0 Å². The summed E-state index contributed by atoms with van der Waals surface area (Å²) in [7, 11) is 0. The number of ether oxygens (including phenoxy) is 1. The topological polar surface area (TPSA) is 29.5 Å². The van der Waals surface area contributed by atoms with Gasteiger partial charge in [0.15, 0.2) is 0 Å². The zero-order valence-electron chi connectivity index (χ0n) is 8.92. The number of aliphatic hydroxyl groups excluding tert-OH is 1. The van der Waals surface area contributed by atoms with Gasteiger partial charge in [0.1, 0.15) is 0 Å². The van der Waals surface area contributed by atoms with E-state index in [0.29, 0.717) is 0 Å². The van der Waals surface area contributed by atoms with Crippen LogP contribution in [0.3, 0.4) is 0 Å². The van der Waals surface area contributed by atoms with Gasteiger partial charge in [-0.15, -0.1) is 0 Å². The van der Waals surface area contributed by atoms with E-state index in [9.17, 15) is 31.4 Å². The van der Waals surface area contributed by atoms with Gasteiger partial charge in [-0.1, -0.05) is 0 Å². The average molecular weight is 276 g/mol. The molecule has 0 radical (unpaired) electrons. The number of hydrogen-bond acceptors (Lipinski definition) is 2. The zero-order valence-corrected chi connectivity index (χ0v) is 8.92. The predicted molar refractivity (Wildman–Crippen MR) is 45.4 cm³/mol. The number of hydrogen-bond donors (Lipinski definition) is 1. The maximum Gasteiger partial charge on any atom is 0.426 e. The first-order valence-electron chi connectivity index (χ1n) is 5.59. The number of halogens is 6. The molecule has 1 saturated heterocycles. The molecule has 2 aliphatic carbocycles. The summed E-state index contributed by atoms with van der Waals surface area (Å²) in [5, 5.41) is 9.51. The summed E-state index contributed by atoms with van der Waals surface area (Å²) < 4.78 is 81.2. The molecule has 8 heteroatoms. The fourth-order valence-electron chi connectivity index (χ4n) is 3.87. The summed E-state index contributed by atoms with van der Waals surface area (Å²) in [4.78, 5) is 0. The largest absolute Gasteiger partial charge is 0.426 e. The van der Waals surface area contributed by atoms with Gasteiger partial charge >= 0.3 is 12.4 Å². The van der Waals surface area contributed by atoms with Gasteiger partial charge in [-0.25, -0.2) is 0 Å². The molecule has 2 nitrogen and oxygen atoms in total. The number of alkyl halides is 6. The standard InChI is InChI=1S/C10H10F6O2/c11-9(12,13)8(10(14,15)16)6-4-1-3(2-5(4)17)7(6)18-8/h3-7,17H,1-2H2/t3-,4+,5?,6?,7?/m0/s1. The second-order valence-corrected chi connectivity index (χ2v) is 5.30. The van der Waals surface area contributed by atoms with Crippen LogP contribution in [0.15, 0.2) is 0 Å². The van der Waals surface area contributed by atoms with Gasteiger partial charge in [-0.3, -0.25) is 0 Å². The van der Waals surface area contributed by atoms with Crippen molar-refractivity contribution in [3.05, 3.63) is 0 Å². The van der Waals surface area contributed by atoms with Gasteiger partial charge in [0.05, 0.1) is 12.2 Å². The van der Waals surface area contributed by atoms with Gasteiger partial charge in [0.2, 0.25) is 0 Å². The van der Waals surface area contributed by atoms with Gasteiger partial charge < -0.3 is 9.84 Å². The van der Waals surface area contributed by atoms with Crippen LogP contribution in [0.1, 0.15) is 12.8 Å². The Morgan fingerprint density at radius 1 is 1.00 bits per heavy atom. The van der Waals surface area contributed by atoms with E-state index in [2.05, 4.69) is 4.74 Å². The fraction of sp³-hybridized carbons (Fsp3) is 1.00. The van der Waals surface area contributed by atoms with E-state index in [1.54, 1.807) is 0 Å². The van der Waals surface area contributed by atoms with Crippen LogP contribution in [-0.4, -0.2) is 35.3 Å². The lowest BCUT2D eigenvalue weighted by Crippen LogP contribution is -2.76. The van der Waals surface area contributed by atoms with Crippen molar-refractivity contribution < 1.29 is 36.2 Å². The lowest BCUT2D eigenvalue weighted by atomic mass is 9.67. The summed E-state index contributed by atoms with van der Waals surface area (Å²) in [6.45, 7) is 0. The van der Waals surface area contributed by atoms with E-state index in [-0.39, 0.29) is 18.8 Å². The van der Waals surface area contributed by atoms with Crippen LogP contribution in [0.25, 0.3) is 0 Å². The van der Waals surface area contributed by atoms with Crippen molar-refractivity contribution in [2.75, 3.05) is 0 Å². The minimum absolute atomic E-state index is 0.185. The number of rotatable bonds is 0. The first kappa shape index (κ1) is 12.5. The first-order chi connectivity index (χ1) is 8.09. The van der Waals surface area contributed by atoms with E-state index in [1.807, 2.05) is 0 Å². The Kier molecular flexibility index (Phi) is 2.19. The van der Waals surface area contributed by atoms with Crippen molar-refractivity contribution >= 4 is 0 Å². The minimum Gasteiger partial charge on any atom is -0.393 e. The smallest absolute Gasteiger partial charge is 0.393 e. The maximum atomic E-state index is 12.8. The van der Waals surface area contributed by atoms with E-state index in [4.69, 9.17) is 0 Å². The third kappa shape index (κ3) is 1.18. The third-order valence-corrected chi connectivity index (χ3v) is 4.53. The second-order valence-electron chi connectivity index (χ2n) is 5.30. The Morgan fingerprint density at radius 2 is 1.56 bits per heavy atom. The van der Waals surface area contributed by atoms with Crippen molar-refractivity contribution in [2.24, 2.45) is 17.8 Å². The second kappa shape index (κ2) is 3.15. The molecule has 3 aliphatic rings. The minimum atomic E-state index is -5.50. The summed E-state index contributed by atoms with van der Waals surface area (Å²) >= 11 is 0. The number of aliphatic hydroxyl groups is 1. The van der Waals surface area contributed by atoms with Crippen molar-refractivity contribution in [1.82, 2.24) is 0 Å². The Labute approximate surface area is 97.9 Å². The first-order valence-corrected chi connectivity index (χ1v) is 5.59. The quantitative estimate of drug-likeness (QED) is 0.688. The molecule has 3 rings (SSSR count). The van der Waals surface area contributed by atoms with Gasteiger partial charge in [-0.05, 0) is 24.7 Å². The molecule has 0 aromatic heterocycles. The van der Waals surface area contributed by atoms with Gasteiger partial charge in [0.25, 0.3) is 5.60 Å². The molecule has 1 N–H and O–H groups in total. The zero-order chi connectivity index (χ0) is 13.5. The molecule has 0 aromatic carbocycles. The highest BCUT2D eigenvalue weighted by Crippen LogP contribution is 2.69. The monoisotopic (exact) mass is 276 g/mol.